The molecule has 0 radical (unpaired) electrons. The second kappa shape index (κ2) is 17.7. The average Bonchev–Trinajstić information content (AvgIpc) is 3.57. The molecule has 0 spiro atoms. The van der Waals surface area contributed by atoms with Crippen LogP contribution in [0.1, 0.15) is 56.1 Å². The summed E-state index contributed by atoms with van der Waals surface area (Å²) in [7, 11) is 0. The molecule has 1 aliphatic carbocycles. The number of likely N-dealkylation sites (tertiary alicyclic amines) is 1. The first-order chi connectivity index (χ1) is 27.0. The van der Waals surface area contributed by atoms with E-state index in [9.17, 15) is 24.0 Å². The normalized spacial score (nSPS) is 18.7. The second-order valence-electron chi connectivity index (χ2n) is 14.8. The van der Waals surface area contributed by atoms with Gasteiger partial charge in [0.25, 0.3) is 0 Å². The van der Waals surface area contributed by atoms with E-state index in [1.54, 1.807) is 11.1 Å². The summed E-state index contributed by atoms with van der Waals surface area (Å²) in [5, 5.41) is 11.4. The van der Waals surface area contributed by atoms with Crippen LogP contribution in [0.5, 0.6) is 0 Å². The van der Waals surface area contributed by atoms with E-state index in [1.807, 2.05) is 66.7 Å². The van der Waals surface area contributed by atoms with Crippen LogP contribution in [0.25, 0.3) is 21.7 Å². The number of nitrogens with zero attached hydrogens (tertiary/aromatic N) is 2. The van der Waals surface area contributed by atoms with Crippen LogP contribution >= 0.6 is 0 Å². The number of guanidine groups is 1. The minimum atomic E-state index is -1.12. The van der Waals surface area contributed by atoms with Crippen molar-refractivity contribution in [3.05, 3.63) is 84.1 Å². The number of amides is 5. The van der Waals surface area contributed by atoms with Crippen molar-refractivity contribution in [3.63, 3.8) is 0 Å². The maximum atomic E-state index is 14.2. The fourth-order valence-corrected chi connectivity index (χ4v) is 8.03. The van der Waals surface area contributed by atoms with Gasteiger partial charge in [0.1, 0.15) is 23.7 Å². The van der Waals surface area contributed by atoms with Gasteiger partial charge < -0.3 is 48.8 Å². The van der Waals surface area contributed by atoms with Gasteiger partial charge in [-0.05, 0) is 85.4 Å². The lowest BCUT2D eigenvalue weighted by molar-refractivity contribution is -0.141. The van der Waals surface area contributed by atoms with Crippen molar-refractivity contribution in [2.75, 3.05) is 19.6 Å². The molecule has 1 aliphatic heterocycles. The molecule has 3 aromatic carbocycles. The number of piperidine rings is 1. The molecule has 296 valence electrons. The summed E-state index contributed by atoms with van der Waals surface area (Å²) in [5.41, 5.74) is 24.1. The number of hydrogen-bond donors (Lipinski definition) is 8. The lowest BCUT2D eigenvalue weighted by Crippen LogP contribution is -2.59. The molecule has 1 aromatic heterocycles. The standard InChI is InChI=1S/C41H52N10O5/c42-18-6-5-15-33(50-39(56)41-23-28(41)17-20-51(41)35(52)22-26-11-7-10-25-9-1-2-12-29(25)26)38(55)48-32(16-8-19-46-40(44)45)37(54)49-34(36(43)53)21-27-24-47-31-14-4-3-13-30(27)31/h1-4,7,9-14,24,28,32-34,47H,5-6,8,15-23,42H2,(H2,43,53)(H,48,55)(H,49,54)(H,50,56)(H4,44,45,46)/t28?,32-,33-,34-,41?/m0/s1. The summed E-state index contributed by atoms with van der Waals surface area (Å²) in [5.74, 6) is -2.60. The number of aromatic amines is 1. The van der Waals surface area contributed by atoms with E-state index in [1.165, 1.54) is 0 Å². The predicted molar refractivity (Wildman–Crippen MR) is 215 cm³/mol. The highest BCUT2D eigenvalue weighted by Gasteiger charge is 2.68. The molecule has 12 N–H and O–H groups in total. The summed E-state index contributed by atoms with van der Waals surface area (Å²) in [6, 6.07) is 18.1. The van der Waals surface area contributed by atoms with Crippen LogP contribution in [0.15, 0.2) is 77.9 Å². The third kappa shape index (κ3) is 8.94. The van der Waals surface area contributed by atoms with Gasteiger partial charge in [0.15, 0.2) is 5.96 Å². The van der Waals surface area contributed by atoms with E-state index in [0.717, 1.165) is 32.8 Å². The zero-order chi connectivity index (χ0) is 39.8. The molecule has 5 atom stereocenters. The molecule has 1 saturated heterocycles. The average molecular weight is 765 g/mol. The number of fused-ring (bicyclic) bond motifs is 3. The van der Waals surface area contributed by atoms with Crippen LogP contribution in [0.4, 0.5) is 0 Å². The van der Waals surface area contributed by atoms with Crippen molar-refractivity contribution >= 4 is 57.2 Å². The first kappa shape index (κ1) is 39.7. The maximum Gasteiger partial charge on any atom is 0.246 e. The van der Waals surface area contributed by atoms with Crippen LogP contribution in [0.3, 0.4) is 0 Å². The zero-order valence-corrected chi connectivity index (χ0v) is 31.5. The topological polar surface area (TPSA) is 257 Å². The fraction of sp³-hybridized carbons (Fsp3) is 0.415. The van der Waals surface area contributed by atoms with Crippen molar-refractivity contribution < 1.29 is 24.0 Å². The number of carbonyl (C=O) groups is 5. The molecule has 1 saturated carbocycles. The number of nitrogens with one attached hydrogen (secondary N) is 4. The van der Waals surface area contributed by atoms with Crippen LogP contribution in [0, 0.1) is 5.92 Å². The highest BCUT2D eigenvalue weighted by Crippen LogP contribution is 2.56. The Morgan fingerprint density at radius 1 is 0.804 bits per heavy atom. The zero-order valence-electron chi connectivity index (χ0n) is 31.5. The van der Waals surface area contributed by atoms with Crippen molar-refractivity contribution in [2.45, 2.75) is 81.5 Å². The number of para-hydroxylation sites is 1. The minimum absolute atomic E-state index is 0.0105. The molecule has 15 nitrogen and oxygen atoms in total. The van der Waals surface area contributed by atoms with Crippen molar-refractivity contribution in [1.82, 2.24) is 25.8 Å². The molecule has 56 heavy (non-hydrogen) atoms. The second-order valence-corrected chi connectivity index (χ2v) is 14.8. The van der Waals surface area contributed by atoms with Gasteiger partial charge in [0.2, 0.25) is 29.5 Å². The number of nitrogens with two attached hydrogens (primary N) is 4. The quantitative estimate of drug-likeness (QED) is 0.0390. The summed E-state index contributed by atoms with van der Waals surface area (Å²) in [6.45, 7) is 1.04. The van der Waals surface area contributed by atoms with Crippen molar-refractivity contribution in [1.29, 1.82) is 0 Å². The Morgan fingerprint density at radius 3 is 2.21 bits per heavy atom. The highest BCUT2D eigenvalue weighted by molar-refractivity contribution is 6.00. The molecular weight excluding hydrogens is 713 g/mol. The van der Waals surface area contributed by atoms with Gasteiger partial charge in [-0.25, -0.2) is 0 Å². The monoisotopic (exact) mass is 764 g/mol. The number of carbonyl (C=O) groups excluding carboxylic acids is 5. The number of H-pyrrole nitrogens is 1. The van der Waals surface area contributed by atoms with Gasteiger partial charge in [-0.2, -0.15) is 0 Å². The van der Waals surface area contributed by atoms with Gasteiger partial charge in [0, 0.05) is 36.6 Å². The molecule has 5 amide bonds. The summed E-state index contributed by atoms with van der Waals surface area (Å²) >= 11 is 0. The maximum absolute atomic E-state index is 14.2. The van der Waals surface area contributed by atoms with E-state index in [4.69, 9.17) is 22.9 Å². The highest BCUT2D eigenvalue weighted by atomic mass is 16.2. The van der Waals surface area contributed by atoms with Gasteiger partial charge in [0.05, 0.1) is 6.42 Å². The number of benzene rings is 3. The molecule has 4 aromatic rings. The van der Waals surface area contributed by atoms with Crippen molar-refractivity contribution in [2.24, 2.45) is 33.8 Å². The van der Waals surface area contributed by atoms with E-state index >= 15 is 0 Å². The first-order valence-electron chi connectivity index (χ1n) is 19.3. The Labute approximate surface area is 325 Å². The fourth-order valence-electron chi connectivity index (χ4n) is 8.03. The Hall–Kier alpha value is -5.96. The Balaban J connectivity index is 1.17. The Kier molecular flexibility index (Phi) is 12.5. The molecule has 0 bridgehead atoms. The predicted octanol–water partition coefficient (Wildman–Crippen LogP) is 1.22. The van der Waals surface area contributed by atoms with E-state index in [-0.39, 0.29) is 55.9 Å². The van der Waals surface area contributed by atoms with Crippen LogP contribution in [0.2, 0.25) is 0 Å². The minimum Gasteiger partial charge on any atom is -0.370 e. The van der Waals surface area contributed by atoms with E-state index in [2.05, 4.69) is 25.9 Å². The molecule has 2 heterocycles. The smallest absolute Gasteiger partial charge is 0.246 e. The van der Waals surface area contributed by atoms with E-state index in [0.29, 0.717) is 45.2 Å². The number of primary amides is 1. The largest absolute Gasteiger partial charge is 0.370 e. The third-order valence-corrected chi connectivity index (χ3v) is 11.1. The lowest BCUT2D eigenvalue weighted by Gasteiger charge is -2.30. The van der Waals surface area contributed by atoms with Gasteiger partial charge in [-0.1, -0.05) is 60.7 Å². The lowest BCUT2D eigenvalue weighted by atomic mass is 10.0. The number of rotatable bonds is 19. The van der Waals surface area contributed by atoms with Gasteiger partial charge >= 0.3 is 0 Å². The Bertz CT molecular complexity index is 2110. The number of unbranched alkanes of at least 4 members (excludes halogenated alkanes) is 1. The third-order valence-electron chi connectivity index (χ3n) is 11.1. The molecule has 2 unspecified atom stereocenters. The number of aromatic nitrogens is 1. The Morgan fingerprint density at radius 2 is 1.48 bits per heavy atom. The van der Waals surface area contributed by atoms with Gasteiger partial charge in [-0.15, -0.1) is 0 Å². The molecular formula is C41H52N10O5. The van der Waals surface area contributed by atoms with Crippen LogP contribution in [-0.2, 0) is 36.8 Å². The SMILES string of the molecule is NCCCC[C@H](NC(=O)C12CC1CCN2C(=O)Cc1cccc2ccccc12)C(=O)N[C@@H](CCCN=C(N)N)C(=O)N[C@@H](Cc1c[nH]c2ccccc12)C(N)=O. The van der Waals surface area contributed by atoms with Gasteiger partial charge in [-0.3, -0.25) is 29.0 Å². The summed E-state index contributed by atoms with van der Waals surface area (Å²) < 4.78 is 0. The number of hydrogen-bond acceptors (Lipinski definition) is 7. The summed E-state index contributed by atoms with van der Waals surface area (Å²) in [4.78, 5) is 77.5. The van der Waals surface area contributed by atoms with E-state index < -0.39 is 41.4 Å². The molecule has 6 rings (SSSR count). The number of aliphatic imine (C=N–C) groups is 1. The van der Waals surface area contributed by atoms with Crippen LogP contribution < -0.4 is 38.9 Å². The van der Waals surface area contributed by atoms with Crippen molar-refractivity contribution in [3.8, 4) is 0 Å². The molecule has 2 aliphatic rings. The van der Waals surface area contributed by atoms with Crippen LogP contribution in [-0.4, -0.2) is 88.7 Å². The molecule has 15 heteroatoms. The first-order valence-corrected chi connectivity index (χ1v) is 19.3. The summed E-state index contributed by atoms with van der Waals surface area (Å²) in [6.07, 6.45) is 5.08. The molecule has 2 fully saturated rings.